The van der Waals surface area contributed by atoms with Crippen molar-refractivity contribution in [2.24, 2.45) is 0 Å². The Morgan fingerprint density at radius 3 is 2.65 bits per heavy atom. The molecule has 17 heavy (non-hydrogen) atoms. The summed E-state index contributed by atoms with van der Waals surface area (Å²) in [6, 6.07) is 9.31. The van der Waals surface area contributed by atoms with E-state index >= 15 is 0 Å². The van der Waals surface area contributed by atoms with Crippen molar-refractivity contribution in [2.75, 3.05) is 0 Å². The number of hydrogen-bond acceptors (Lipinski definition) is 4. The highest BCUT2D eigenvalue weighted by Gasteiger charge is 2.19. The van der Waals surface area contributed by atoms with Crippen molar-refractivity contribution in [3.63, 3.8) is 0 Å². The largest absolute Gasteiger partial charge is 0.317 e. The summed E-state index contributed by atoms with van der Waals surface area (Å²) in [6.45, 7) is 0.336. The second kappa shape index (κ2) is 4.56. The number of aldehydes is 1. The molecule has 1 heterocycles. The molecule has 0 radical (unpaired) electrons. The van der Waals surface area contributed by atoms with Crippen molar-refractivity contribution in [2.45, 2.75) is 6.54 Å². The molecule has 1 aromatic heterocycles. The van der Waals surface area contributed by atoms with E-state index < -0.39 is 4.92 Å². The first kappa shape index (κ1) is 11.0. The van der Waals surface area contributed by atoms with Gasteiger partial charge in [0.25, 0.3) is 0 Å². The fourth-order valence-corrected chi connectivity index (χ4v) is 1.53. The van der Waals surface area contributed by atoms with Crippen LogP contribution in [0.4, 0.5) is 5.69 Å². The number of benzene rings is 1. The van der Waals surface area contributed by atoms with Gasteiger partial charge in [0.15, 0.2) is 12.0 Å². The lowest BCUT2D eigenvalue weighted by Gasteiger charge is -2.02. The van der Waals surface area contributed by atoms with E-state index in [1.54, 1.807) is 0 Å². The molecule has 0 amide bonds. The van der Waals surface area contributed by atoms with Crippen molar-refractivity contribution >= 4 is 12.0 Å². The van der Waals surface area contributed by atoms with Crippen LogP contribution in [0.2, 0.25) is 0 Å². The van der Waals surface area contributed by atoms with Crippen LogP contribution in [0.5, 0.6) is 0 Å². The van der Waals surface area contributed by atoms with Gasteiger partial charge in [-0.1, -0.05) is 30.3 Å². The van der Waals surface area contributed by atoms with Gasteiger partial charge in [-0.3, -0.25) is 19.6 Å². The van der Waals surface area contributed by atoms with Crippen molar-refractivity contribution in [3.05, 3.63) is 57.9 Å². The Hall–Kier alpha value is -2.50. The van der Waals surface area contributed by atoms with Crippen molar-refractivity contribution in [3.8, 4) is 0 Å². The van der Waals surface area contributed by atoms with E-state index in [9.17, 15) is 14.9 Å². The van der Waals surface area contributed by atoms with Crippen molar-refractivity contribution in [1.29, 1.82) is 0 Å². The summed E-state index contributed by atoms with van der Waals surface area (Å²) < 4.78 is 1.32. The third-order valence-corrected chi connectivity index (χ3v) is 2.34. The molecule has 0 bridgehead atoms. The molecule has 0 N–H and O–H groups in total. The zero-order chi connectivity index (χ0) is 12.3. The molecule has 0 aliphatic heterocycles. The number of hydrogen-bond donors (Lipinski definition) is 0. The Morgan fingerprint density at radius 1 is 1.35 bits per heavy atom. The van der Waals surface area contributed by atoms with Gasteiger partial charge >= 0.3 is 5.69 Å². The summed E-state index contributed by atoms with van der Waals surface area (Å²) in [5.74, 6) is 0. The topological polar surface area (TPSA) is 78.0 Å². The maximum atomic E-state index is 10.8. The molecule has 6 heteroatoms. The maximum Gasteiger partial charge on any atom is 0.317 e. The summed E-state index contributed by atoms with van der Waals surface area (Å²) in [5, 5.41) is 14.5. The van der Waals surface area contributed by atoms with Gasteiger partial charge in [-0.05, 0) is 5.56 Å². The second-order valence-electron chi connectivity index (χ2n) is 3.43. The van der Waals surface area contributed by atoms with Gasteiger partial charge in [-0.2, -0.15) is 5.10 Å². The molecular formula is C11H9N3O3. The Balaban J connectivity index is 2.34. The summed E-state index contributed by atoms with van der Waals surface area (Å²) in [5.41, 5.74) is 0.642. The van der Waals surface area contributed by atoms with E-state index in [-0.39, 0.29) is 11.4 Å². The second-order valence-corrected chi connectivity index (χ2v) is 3.43. The van der Waals surface area contributed by atoms with Crippen LogP contribution in [0.3, 0.4) is 0 Å². The third kappa shape index (κ3) is 2.20. The van der Waals surface area contributed by atoms with E-state index in [1.807, 2.05) is 30.3 Å². The molecule has 2 aromatic rings. The zero-order valence-corrected chi connectivity index (χ0v) is 8.81. The van der Waals surface area contributed by atoms with Crippen LogP contribution < -0.4 is 0 Å². The molecule has 0 aliphatic carbocycles. The molecule has 0 spiro atoms. The standard InChI is InChI=1S/C11H9N3O3/c15-8-11-10(14(16)17)6-12-13(11)7-9-4-2-1-3-5-9/h1-6,8H,7H2. The molecule has 0 saturated carbocycles. The van der Waals surface area contributed by atoms with Crippen LogP contribution in [-0.2, 0) is 6.54 Å². The van der Waals surface area contributed by atoms with Gasteiger partial charge in [-0.25, -0.2) is 0 Å². The zero-order valence-electron chi connectivity index (χ0n) is 8.81. The summed E-state index contributed by atoms with van der Waals surface area (Å²) >= 11 is 0. The minimum atomic E-state index is -0.613. The first-order chi connectivity index (χ1) is 8.22. The highest BCUT2D eigenvalue weighted by molar-refractivity contribution is 5.78. The average Bonchev–Trinajstić information content (AvgIpc) is 2.73. The Morgan fingerprint density at radius 2 is 2.06 bits per heavy atom. The quantitative estimate of drug-likeness (QED) is 0.455. The molecule has 0 unspecified atom stereocenters. The molecule has 0 atom stereocenters. The fourth-order valence-electron chi connectivity index (χ4n) is 1.53. The Kier molecular flexibility index (Phi) is 2.95. The summed E-state index contributed by atoms with van der Waals surface area (Å²) in [6.07, 6.45) is 1.54. The van der Waals surface area contributed by atoms with E-state index in [0.717, 1.165) is 11.8 Å². The lowest BCUT2D eigenvalue weighted by atomic mass is 10.2. The number of nitrogens with zero attached hydrogens (tertiary/aromatic N) is 3. The minimum absolute atomic E-state index is 0.0150. The lowest BCUT2D eigenvalue weighted by molar-refractivity contribution is -0.385. The van der Waals surface area contributed by atoms with Crippen LogP contribution in [0.15, 0.2) is 36.5 Å². The smallest absolute Gasteiger partial charge is 0.296 e. The first-order valence-electron chi connectivity index (χ1n) is 4.91. The molecule has 86 valence electrons. The molecule has 6 nitrogen and oxygen atoms in total. The van der Waals surface area contributed by atoms with Gasteiger partial charge in [0.1, 0.15) is 6.20 Å². The van der Waals surface area contributed by atoms with Crippen molar-refractivity contribution < 1.29 is 9.72 Å². The molecule has 2 rings (SSSR count). The number of nitro groups is 1. The minimum Gasteiger partial charge on any atom is -0.296 e. The lowest BCUT2D eigenvalue weighted by Crippen LogP contribution is -2.06. The van der Waals surface area contributed by atoms with Crippen LogP contribution >= 0.6 is 0 Å². The molecule has 1 aromatic carbocycles. The summed E-state index contributed by atoms with van der Waals surface area (Å²) in [4.78, 5) is 20.9. The predicted octanol–water partition coefficient (Wildman–Crippen LogP) is 1.65. The molecule has 0 saturated heterocycles. The van der Waals surface area contributed by atoms with Gasteiger partial charge in [0.05, 0.1) is 11.5 Å². The highest BCUT2D eigenvalue weighted by Crippen LogP contribution is 2.16. The predicted molar refractivity (Wildman–Crippen MR) is 59.8 cm³/mol. The Bertz CT molecular complexity index is 548. The molecule has 0 aliphatic rings. The van der Waals surface area contributed by atoms with Crippen LogP contribution in [0.25, 0.3) is 0 Å². The first-order valence-corrected chi connectivity index (χ1v) is 4.91. The van der Waals surface area contributed by atoms with Gasteiger partial charge < -0.3 is 0 Å². The van der Waals surface area contributed by atoms with Crippen LogP contribution in [-0.4, -0.2) is 21.0 Å². The van der Waals surface area contributed by atoms with E-state index in [2.05, 4.69) is 5.10 Å². The van der Waals surface area contributed by atoms with Crippen LogP contribution in [0, 0.1) is 10.1 Å². The normalized spacial score (nSPS) is 10.1. The molecule has 0 fully saturated rings. The van der Waals surface area contributed by atoms with Gasteiger partial charge in [0.2, 0.25) is 0 Å². The maximum absolute atomic E-state index is 10.8. The highest BCUT2D eigenvalue weighted by atomic mass is 16.6. The van der Waals surface area contributed by atoms with Crippen LogP contribution in [0.1, 0.15) is 16.1 Å². The van der Waals surface area contributed by atoms with E-state index in [4.69, 9.17) is 0 Å². The number of aromatic nitrogens is 2. The molecular weight excluding hydrogens is 222 g/mol. The number of rotatable bonds is 4. The van der Waals surface area contributed by atoms with E-state index in [0.29, 0.717) is 12.8 Å². The Labute approximate surface area is 96.6 Å². The SMILES string of the molecule is O=Cc1c([N+](=O)[O-])cnn1Cc1ccccc1. The van der Waals surface area contributed by atoms with Gasteiger partial charge in [-0.15, -0.1) is 0 Å². The fraction of sp³-hybridized carbons (Fsp3) is 0.0909. The average molecular weight is 231 g/mol. The summed E-state index contributed by atoms with van der Waals surface area (Å²) in [7, 11) is 0. The number of carbonyl (C=O) groups excluding carboxylic acids is 1. The van der Waals surface area contributed by atoms with E-state index in [1.165, 1.54) is 4.68 Å². The number of carbonyl (C=O) groups is 1. The van der Waals surface area contributed by atoms with Crippen molar-refractivity contribution in [1.82, 2.24) is 9.78 Å². The monoisotopic (exact) mass is 231 g/mol. The van der Waals surface area contributed by atoms with Gasteiger partial charge in [0, 0.05) is 0 Å². The third-order valence-electron chi connectivity index (χ3n) is 2.34.